The van der Waals surface area contributed by atoms with E-state index in [1.165, 1.54) is 35.4 Å². The quantitative estimate of drug-likeness (QED) is 0.405. The molecule has 0 heterocycles. The van der Waals surface area contributed by atoms with E-state index in [1.54, 1.807) is 0 Å². The summed E-state index contributed by atoms with van der Waals surface area (Å²) < 4.78 is 40.1. The Kier molecular flexibility index (Phi) is 6.15. The molecule has 0 fully saturated rings. The molecule has 3 rings (SSSR count). The summed E-state index contributed by atoms with van der Waals surface area (Å²) in [6, 6.07) is 13.5. The van der Waals surface area contributed by atoms with Gasteiger partial charge in [-0.1, -0.05) is 24.3 Å². The summed E-state index contributed by atoms with van der Waals surface area (Å²) in [6.07, 6.45) is -3.72. The van der Waals surface area contributed by atoms with Crippen LogP contribution in [0.4, 0.5) is 18.9 Å². The number of nitrogens with two attached hydrogens (primary N) is 1. The number of nitrogens with zero attached hydrogens (tertiary/aromatic N) is 1. The predicted molar refractivity (Wildman–Crippen MR) is 102 cm³/mol. The molecule has 4 nitrogen and oxygen atoms in total. The van der Waals surface area contributed by atoms with Gasteiger partial charge in [0.15, 0.2) is 5.96 Å². The van der Waals surface area contributed by atoms with Crippen LogP contribution in [0.1, 0.15) is 17.0 Å². The van der Waals surface area contributed by atoms with Gasteiger partial charge in [-0.3, -0.25) is 4.99 Å². The van der Waals surface area contributed by atoms with Crippen LogP contribution >= 0.6 is 24.0 Å². The average molecular weight is 463 g/mol. The van der Waals surface area contributed by atoms with Gasteiger partial charge in [-0.25, -0.2) is 0 Å². The first-order valence-corrected chi connectivity index (χ1v) is 7.41. The van der Waals surface area contributed by atoms with E-state index < -0.39 is 6.36 Å². The van der Waals surface area contributed by atoms with Crippen molar-refractivity contribution in [3.8, 4) is 5.75 Å². The maximum absolute atomic E-state index is 12.1. The van der Waals surface area contributed by atoms with Crippen molar-refractivity contribution in [3.63, 3.8) is 0 Å². The Morgan fingerprint density at radius 3 is 2.48 bits per heavy atom. The first-order chi connectivity index (χ1) is 11.4. The highest BCUT2D eigenvalue weighted by atomic mass is 127. The van der Waals surface area contributed by atoms with Crippen molar-refractivity contribution in [1.82, 2.24) is 0 Å². The van der Waals surface area contributed by atoms with Gasteiger partial charge in [0.05, 0.1) is 0 Å². The Hall–Kier alpha value is -1.97. The molecule has 1 atom stereocenters. The second kappa shape index (κ2) is 7.94. The molecule has 0 amide bonds. The van der Waals surface area contributed by atoms with Crippen molar-refractivity contribution in [3.05, 3.63) is 59.7 Å². The number of halogens is 4. The molecule has 0 radical (unpaired) electrons. The van der Waals surface area contributed by atoms with E-state index in [4.69, 9.17) is 5.73 Å². The van der Waals surface area contributed by atoms with Gasteiger partial charge in [-0.15, -0.1) is 37.1 Å². The number of aliphatic imine (C=N–C) groups is 1. The number of guanidine groups is 1. The van der Waals surface area contributed by atoms with E-state index in [9.17, 15) is 13.2 Å². The van der Waals surface area contributed by atoms with Crippen LogP contribution in [0.3, 0.4) is 0 Å². The van der Waals surface area contributed by atoms with Crippen LogP contribution in [0.2, 0.25) is 0 Å². The van der Waals surface area contributed by atoms with Crippen molar-refractivity contribution in [2.24, 2.45) is 10.7 Å². The molecule has 2 aromatic carbocycles. The Labute approximate surface area is 160 Å². The highest BCUT2D eigenvalue weighted by molar-refractivity contribution is 14.0. The largest absolute Gasteiger partial charge is 0.573 e. The molecule has 0 aromatic heterocycles. The third-order valence-electron chi connectivity index (χ3n) is 3.80. The predicted octanol–water partition coefficient (Wildman–Crippen LogP) is 4.27. The number of fused-ring (bicyclic) bond motifs is 1. The number of alkyl halides is 3. The molecule has 0 bridgehead atoms. The standard InChI is InChI=1S/C17H16F3N3O.HI/c18-17(19,20)24-14-7-5-13(6-8-14)23-16(21)22-10-12-9-11-3-1-2-4-15(11)12;/h1-8,12H,9-10H2,(H3,21,22,23);1H. The van der Waals surface area contributed by atoms with E-state index in [0.29, 0.717) is 18.2 Å². The first kappa shape index (κ1) is 19.4. The third kappa shape index (κ3) is 5.25. The third-order valence-corrected chi connectivity index (χ3v) is 3.80. The van der Waals surface area contributed by atoms with Gasteiger partial charge in [0.1, 0.15) is 5.75 Å². The van der Waals surface area contributed by atoms with Crippen LogP contribution in [0, 0.1) is 0 Å². The van der Waals surface area contributed by atoms with Gasteiger partial charge in [-0.2, -0.15) is 0 Å². The first-order valence-electron chi connectivity index (χ1n) is 7.41. The second-order valence-electron chi connectivity index (χ2n) is 5.52. The monoisotopic (exact) mass is 463 g/mol. The van der Waals surface area contributed by atoms with Gasteiger partial charge in [-0.05, 0) is 41.8 Å². The lowest BCUT2D eigenvalue weighted by atomic mass is 9.78. The SMILES string of the molecule is I.NC(=NCC1Cc2ccccc21)Nc1ccc(OC(F)(F)F)cc1. The Morgan fingerprint density at radius 2 is 1.84 bits per heavy atom. The molecule has 0 aliphatic heterocycles. The van der Waals surface area contributed by atoms with Crippen LogP contribution in [0.15, 0.2) is 53.5 Å². The number of anilines is 1. The Morgan fingerprint density at radius 1 is 1.16 bits per heavy atom. The molecule has 0 spiro atoms. The smallest absolute Gasteiger partial charge is 0.406 e. The molecule has 3 N–H and O–H groups in total. The minimum absolute atomic E-state index is 0. The number of benzene rings is 2. The molecule has 1 aliphatic rings. The topological polar surface area (TPSA) is 59.6 Å². The molecule has 134 valence electrons. The van der Waals surface area contributed by atoms with E-state index >= 15 is 0 Å². The number of hydrogen-bond donors (Lipinski definition) is 2. The molecule has 1 unspecified atom stereocenters. The molecule has 1 aliphatic carbocycles. The lowest BCUT2D eigenvalue weighted by molar-refractivity contribution is -0.274. The van der Waals surface area contributed by atoms with Crippen molar-refractivity contribution in [2.45, 2.75) is 18.7 Å². The summed E-state index contributed by atoms with van der Waals surface area (Å²) in [4.78, 5) is 4.29. The zero-order valence-electron chi connectivity index (χ0n) is 13.1. The molecule has 0 saturated carbocycles. The summed E-state index contributed by atoms with van der Waals surface area (Å²) in [5.41, 5.74) is 8.99. The normalized spacial score (nSPS) is 16.3. The van der Waals surface area contributed by atoms with Gasteiger partial charge >= 0.3 is 6.36 Å². The minimum Gasteiger partial charge on any atom is -0.406 e. The maximum atomic E-state index is 12.1. The number of rotatable bonds is 4. The fourth-order valence-corrected chi connectivity index (χ4v) is 2.66. The van der Waals surface area contributed by atoms with Crippen molar-refractivity contribution in [2.75, 3.05) is 11.9 Å². The highest BCUT2D eigenvalue weighted by Gasteiger charge is 2.31. The number of nitrogens with one attached hydrogen (secondary N) is 1. The number of ether oxygens (including phenoxy) is 1. The van der Waals surface area contributed by atoms with Gasteiger partial charge in [0.25, 0.3) is 0 Å². The zero-order chi connectivity index (χ0) is 17.2. The Balaban J connectivity index is 0.00000225. The average Bonchev–Trinajstić information content (AvgIpc) is 2.49. The van der Waals surface area contributed by atoms with Crippen LogP contribution in [0.5, 0.6) is 5.75 Å². The van der Waals surface area contributed by atoms with Crippen LogP contribution in [-0.2, 0) is 6.42 Å². The van der Waals surface area contributed by atoms with Gasteiger partial charge < -0.3 is 15.8 Å². The summed E-state index contributed by atoms with van der Waals surface area (Å²) in [6.45, 7) is 0.575. The molecular weight excluding hydrogens is 446 g/mol. The summed E-state index contributed by atoms with van der Waals surface area (Å²) in [5, 5.41) is 2.85. The van der Waals surface area contributed by atoms with E-state index in [2.05, 4.69) is 27.2 Å². The molecule has 2 aromatic rings. The van der Waals surface area contributed by atoms with Gasteiger partial charge in [0, 0.05) is 18.2 Å². The molecule has 8 heteroatoms. The number of hydrogen-bond acceptors (Lipinski definition) is 2. The fourth-order valence-electron chi connectivity index (χ4n) is 2.66. The van der Waals surface area contributed by atoms with Crippen molar-refractivity contribution in [1.29, 1.82) is 0 Å². The fraction of sp³-hybridized carbons (Fsp3) is 0.235. The van der Waals surface area contributed by atoms with E-state index in [0.717, 1.165) is 6.42 Å². The molecular formula is C17H17F3IN3O. The van der Waals surface area contributed by atoms with E-state index in [-0.39, 0.29) is 35.7 Å². The van der Waals surface area contributed by atoms with Crippen molar-refractivity contribution >= 4 is 35.6 Å². The summed E-state index contributed by atoms with van der Waals surface area (Å²) >= 11 is 0. The molecule has 0 saturated heterocycles. The zero-order valence-corrected chi connectivity index (χ0v) is 15.4. The molecule has 25 heavy (non-hydrogen) atoms. The van der Waals surface area contributed by atoms with E-state index in [1.807, 2.05) is 12.1 Å². The van der Waals surface area contributed by atoms with Crippen LogP contribution in [-0.4, -0.2) is 18.9 Å². The summed E-state index contributed by atoms with van der Waals surface area (Å²) in [7, 11) is 0. The minimum atomic E-state index is -4.70. The summed E-state index contributed by atoms with van der Waals surface area (Å²) in [5.74, 6) is 0.308. The second-order valence-corrected chi connectivity index (χ2v) is 5.52. The highest BCUT2D eigenvalue weighted by Crippen LogP contribution is 2.34. The van der Waals surface area contributed by atoms with Gasteiger partial charge in [0.2, 0.25) is 0 Å². The lowest BCUT2D eigenvalue weighted by Crippen LogP contribution is -2.26. The van der Waals surface area contributed by atoms with Crippen LogP contribution < -0.4 is 15.8 Å². The van der Waals surface area contributed by atoms with Crippen molar-refractivity contribution < 1.29 is 17.9 Å². The van der Waals surface area contributed by atoms with Crippen LogP contribution in [0.25, 0.3) is 0 Å². The maximum Gasteiger partial charge on any atom is 0.573 e. The lowest BCUT2D eigenvalue weighted by Gasteiger charge is -2.28. The Bertz CT molecular complexity index is 748.